The Hall–Kier alpha value is -1.96. The highest BCUT2D eigenvalue weighted by Gasteiger charge is 2.08. The lowest BCUT2D eigenvalue weighted by Gasteiger charge is -2.04. The zero-order valence-electron chi connectivity index (χ0n) is 10.1. The summed E-state index contributed by atoms with van der Waals surface area (Å²) >= 11 is 0. The van der Waals surface area contributed by atoms with Crippen molar-refractivity contribution in [2.45, 2.75) is 20.3 Å². The Kier molecular flexibility index (Phi) is 3.33. The van der Waals surface area contributed by atoms with Crippen molar-refractivity contribution in [3.05, 3.63) is 65.0 Å². The van der Waals surface area contributed by atoms with Crippen molar-refractivity contribution in [3.8, 4) is 0 Å². The average Bonchev–Trinajstić information content (AvgIpc) is 2.29. The molecule has 0 atom stereocenters. The molecule has 0 bridgehead atoms. The first kappa shape index (κ1) is 11.5. The Labute approximate surface area is 101 Å². The van der Waals surface area contributed by atoms with Crippen molar-refractivity contribution in [1.82, 2.24) is 4.98 Å². The van der Waals surface area contributed by atoms with Crippen molar-refractivity contribution < 1.29 is 4.79 Å². The van der Waals surface area contributed by atoms with Gasteiger partial charge in [-0.05, 0) is 38.1 Å². The van der Waals surface area contributed by atoms with Gasteiger partial charge in [-0.3, -0.25) is 9.78 Å². The molecule has 0 saturated carbocycles. The van der Waals surface area contributed by atoms with Gasteiger partial charge >= 0.3 is 0 Å². The molecule has 0 fully saturated rings. The normalized spacial score (nSPS) is 10.2. The van der Waals surface area contributed by atoms with Gasteiger partial charge in [0.25, 0.3) is 0 Å². The summed E-state index contributed by atoms with van der Waals surface area (Å²) in [6.45, 7) is 4.01. The van der Waals surface area contributed by atoms with Crippen LogP contribution in [0.25, 0.3) is 0 Å². The van der Waals surface area contributed by atoms with Gasteiger partial charge < -0.3 is 0 Å². The minimum Gasteiger partial charge on any atom is -0.294 e. The van der Waals surface area contributed by atoms with Crippen molar-refractivity contribution in [1.29, 1.82) is 0 Å². The smallest absolute Gasteiger partial charge is 0.168 e. The molecule has 2 nitrogen and oxygen atoms in total. The summed E-state index contributed by atoms with van der Waals surface area (Å²) in [7, 11) is 0. The Morgan fingerprint density at radius 1 is 1.12 bits per heavy atom. The standard InChI is InChI=1S/C15H15NO/c1-11-7-12(2)9-13(8-11)15(17)10-14-5-3-4-6-16-14/h3-9H,10H2,1-2H3. The highest BCUT2D eigenvalue weighted by molar-refractivity contribution is 5.97. The van der Waals surface area contributed by atoms with E-state index < -0.39 is 0 Å². The molecule has 0 N–H and O–H groups in total. The number of carbonyl (C=O) groups is 1. The predicted molar refractivity (Wildman–Crippen MR) is 68.2 cm³/mol. The Morgan fingerprint density at radius 3 is 2.41 bits per heavy atom. The van der Waals surface area contributed by atoms with E-state index in [0.29, 0.717) is 6.42 Å². The fourth-order valence-electron chi connectivity index (χ4n) is 1.90. The summed E-state index contributed by atoms with van der Waals surface area (Å²) in [6.07, 6.45) is 2.08. The number of aromatic nitrogens is 1. The van der Waals surface area contributed by atoms with Crippen LogP contribution in [0.4, 0.5) is 0 Å². The second-order valence-electron chi connectivity index (χ2n) is 4.30. The molecule has 1 heterocycles. The summed E-state index contributed by atoms with van der Waals surface area (Å²) < 4.78 is 0. The van der Waals surface area contributed by atoms with Crippen LogP contribution in [-0.2, 0) is 6.42 Å². The second kappa shape index (κ2) is 4.91. The van der Waals surface area contributed by atoms with E-state index in [4.69, 9.17) is 0 Å². The lowest BCUT2D eigenvalue weighted by molar-refractivity contribution is 0.0992. The third-order valence-electron chi connectivity index (χ3n) is 2.61. The molecule has 0 spiro atoms. The summed E-state index contributed by atoms with van der Waals surface area (Å²) in [5.41, 5.74) is 3.83. The topological polar surface area (TPSA) is 30.0 Å². The van der Waals surface area contributed by atoms with Crippen LogP contribution in [-0.4, -0.2) is 10.8 Å². The van der Waals surface area contributed by atoms with Gasteiger partial charge in [0.15, 0.2) is 5.78 Å². The summed E-state index contributed by atoms with van der Waals surface area (Å²) in [5.74, 6) is 0.121. The van der Waals surface area contributed by atoms with Gasteiger partial charge in [0.2, 0.25) is 0 Å². The Balaban J connectivity index is 2.20. The molecule has 0 aliphatic rings. The van der Waals surface area contributed by atoms with Gasteiger partial charge in [-0.25, -0.2) is 0 Å². The van der Waals surface area contributed by atoms with Crippen LogP contribution in [0.15, 0.2) is 42.6 Å². The fraction of sp³-hybridized carbons (Fsp3) is 0.200. The third kappa shape index (κ3) is 3.00. The molecule has 0 aliphatic carbocycles. The quantitative estimate of drug-likeness (QED) is 0.751. The van der Waals surface area contributed by atoms with E-state index in [0.717, 1.165) is 22.4 Å². The number of pyridine rings is 1. The van der Waals surface area contributed by atoms with Gasteiger partial charge in [-0.1, -0.05) is 23.3 Å². The van der Waals surface area contributed by atoms with Crippen LogP contribution >= 0.6 is 0 Å². The van der Waals surface area contributed by atoms with Crippen molar-refractivity contribution in [2.24, 2.45) is 0 Å². The maximum Gasteiger partial charge on any atom is 0.168 e. The van der Waals surface area contributed by atoms with E-state index in [2.05, 4.69) is 11.1 Å². The average molecular weight is 225 g/mol. The van der Waals surface area contributed by atoms with Gasteiger partial charge in [-0.2, -0.15) is 0 Å². The highest BCUT2D eigenvalue weighted by atomic mass is 16.1. The molecular weight excluding hydrogens is 210 g/mol. The largest absolute Gasteiger partial charge is 0.294 e. The van der Waals surface area contributed by atoms with Crippen LogP contribution in [0.3, 0.4) is 0 Å². The van der Waals surface area contributed by atoms with E-state index in [-0.39, 0.29) is 5.78 Å². The molecule has 17 heavy (non-hydrogen) atoms. The van der Waals surface area contributed by atoms with Crippen molar-refractivity contribution in [3.63, 3.8) is 0 Å². The number of ketones is 1. The van der Waals surface area contributed by atoms with Crippen molar-refractivity contribution >= 4 is 5.78 Å². The number of benzene rings is 1. The minimum atomic E-state index is 0.121. The molecule has 0 saturated heterocycles. The number of carbonyl (C=O) groups excluding carboxylic acids is 1. The predicted octanol–water partition coefficient (Wildman–Crippen LogP) is 3.12. The first-order chi connectivity index (χ1) is 8.15. The van der Waals surface area contributed by atoms with Crippen molar-refractivity contribution in [2.75, 3.05) is 0 Å². The molecule has 2 rings (SSSR count). The van der Waals surface area contributed by atoms with Gasteiger partial charge in [-0.15, -0.1) is 0 Å². The first-order valence-electron chi connectivity index (χ1n) is 5.66. The molecule has 1 aromatic heterocycles. The minimum absolute atomic E-state index is 0.121. The summed E-state index contributed by atoms with van der Waals surface area (Å²) in [5, 5.41) is 0. The van der Waals surface area contributed by atoms with Gasteiger partial charge in [0, 0.05) is 17.5 Å². The molecule has 2 aromatic rings. The lowest BCUT2D eigenvalue weighted by Crippen LogP contribution is -2.05. The van der Waals surface area contributed by atoms with E-state index in [1.54, 1.807) is 6.20 Å². The number of hydrogen-bond donors (Lipinski definition) is 0. The van der Waals surface area contributed by atoms with Gasteiger partial charge in [0.1, 0.15) is 0 Å². The molecule has 2 heteroatoms. The highest BCUT2D eigenvalue weighted by Crippen LogP contribution is 2.11. The first-order valence-corrected chi connectivity index (χ1v) is 5.66. The SMILES string of the molecule is Cc1cc(C)cc(C(=O)Cc2ccccn2)c1. The summed E-state index contributed by atoms with van der Waals surface area (Å²) in [6, 6.07) is 11.6. The lowest BCUT2D eigenvalue weighted by atomic mass is 10.0. The molecule has 1 aromatic carbocycles. The number of nitrogens with zero attached hydrogens (tertiary/aromatic N) is 1. The Bertz CT molecular complexity index is 512. The monoisotopic (exact) mass is 225 g/mol. The summed E-state index contributed by atoms with van der Waals surface area (Å²) in [4.78, 5) is 16.2. The third-order valence-corrected chi connectivity index (χ3v) is 2.61. The number of hydrogen-bond acceptors (Lipinski definition) is 2. The van der Waals surface area contributed by atoms with E-state index in [1.165, 1.54) is 0 Å². The maximum atomic E-state index is 12.1. The number of Topliss-reactive ketones (excluding diaryl/α,β-unsaturated/α-hetero) is 1. The maximum absolute atomic E-state index is 12.1. The van der Waals surface area contributed by atoms with E-state index >= 15 is 0 Å². The van der Waals surface area contributed by atoms with Crippen LogP contribution < -0.4 is 0 Å². The molecule has 0 unspecified atom stereocenters. The second-order valence-corrected chi connectivity index (χ2v) is 4.30. The molecule has 0 amide bonds. The number of aryl methyl sites for hydroxylation is 2. The molecular formula is C15H15NO. The zero-order chi connectivity index (χ0) is 12.3. The van der Waals surface area contributed by atoms with E-state index in [1.807, 2.05) is 44.2 Å². The fourth-order valence-corrected chi connectivity index (χ4v) is 1.90. The zero-order valence-corrected chi connectivity index (χ0v) is 10.1. The molecule has 86 valence electrons. The van der Waals surface area contributed by atoms with Crippen LogP contribution in [0, 0.1) is 13.8 Å². The molecule has 0 radical (unpaired) electrons. The molecule has 0 aliphatic heterocycles. The van der Waals surface area contributed by atoms with Gasteiger partial charge in [0.05, 0.1) is 6.42 Å². The number of rotatable bonds is 3. The van der Waals surface area contributed by atoms with Crippen LogP contribution in [0.2, 0.25) is 0 Å². The van der Waals surface area contributed by atoms with Crippen LogP contribution in [0.5, 0.6) is 0 Å². The Morgan fingerprint density at radius 2 is 1.82 bits per heavy atom. The van der Waals surface area contributed by atoms with Crippen LogP contribution in [0.1, 0.15) is 27.2 Å². The van der Waals surface area contributed by atoms with E-state index in [9.17, 15) is 4.79 Å².